The van der Waals surface area contributed by atoms with E-state index in [1.165, 1.54) is 6.20 Å². The highest BCUT2D eigenvalue weighted by Gasteiger charge is 2.10. The molecule has 0 aliphatic carbocycles. The lowest BCUT2D eigenvalue weighted by atomic mass is 10.1. The standard InChI is InChI=1S/C16H20N4O2/c1-12-4-5-15(13(2)8-12)20-16(22)14(9-17)10-18-6-3-7-19-11-21/h4-5,8,10-11,18H,3,6-7H2,1-2H3,(H,19,21)(H,20,22)/b14-10-. The molecule has 0 atom stereocenters. The van der Waals surface area contributed by atoms with E-state index in [9.17, 15) is 9.59 Å². The first kappa shape index (κ1) is 17.2. The van der Waals surface area contributed by atoms with E-state index in [0.717, 1.165) is 11.1 Å². The third kappa shape index (κ3) is 5.67. The monoisotopic (exact) mass is 300 g/mol. The zero-order valence-electron chi connectivity index (χ0n) is 12.8. The van der Waals surface area contributed by atoms with E-state index in [2.05, 4.69) is 16.0 Å². The summed E-state index contributed by atoms with van der Waals surface area (Å²) in [5.74, 6) is -0.451. The summed E-state index contributed by atoms with van der Waals surface area (Å²) in [6, 6.07) is 7.55. The largest absolute Gasteiger partial charge is 0.390 e. The molecule has 1 aromatic carbocycles. The summed E-state index contributed by atoms with van der Waals surface area (Å²) < 4.78 is 0. The first-order valence-corrected chi connectivity index (χ1v) is 6.97. The molecule has 22 heavy (non-hydrogen) atoms. The van der Waals surface area contributed by atoms with E-state index in [1.807, 2.05) is 38.1 Å². The second-order valence-corrected chi connectivity index (χ2v) is 4.82. The molecule has 0 bridgehead atoms. The summed E-state index contributed by atoms with van der Waals surface area (Å²) in [7, 11) is 0. The van der Waals surface area contributed by atoms with Gasteiger partial charge in [-0.1, -0.05) is 17.7 Å². The Morgan fingerprint density at radius 3 is 2.64 bits per heavy atom. The molecule has 0 aliphatic heterocycles. The number of aryl methyl sites for hydroxylation is 2. The lowest BCUT2D eigenvalue weighted by molar-refractivity contribution is -0.112. The van der Waals surface area contributed by atoms with Crippen molar-refractivity contribution in [1.29, 1.82) is 5.26 Å². The molecular formula is C16H20N4O2. The number of anilines is 1. The lowest BCUT2D eigenvalue weighted by Crippen LogP contribution is -2.20. The van der Waals surface area contributed by atoms with E-state index in [1.54, 1.807) is 0 Å². The van der Waals surface area contributed by atoms with Crippen LogP contribution in [0.5, 0.6) is 0 Å². The van der Waals surface area contributed by atoms with Crippen molar-refractivity contribution in [1.82, 2.24) is 10.6 Å². The van der Waals surface area contributed by atoms with Crippen LogP contribution in [0.3, 0.4) is 0 Å². The van der Waals surface area contributed by atoms with Crippen LogP contribution in [0.25, 0.3) is 0 Å². The predicted octanol–water partition coefficient (Wildman–Crippen LogP) is 1.38. The molecule has 1 rings (SSSR count). The molecule has 0 fully saturated rings. The minimum absolute atomic E-state index is 0.00308. The Balaban J connectivity index is 2.57. The fourth-order valence-corrected chi connectivity index (χ4v) is 1.82. The lowest BCUT2D eigenvalue weighted by Gasteiger charge is -2.08. The summed E-state index contributed by atoms with van der Waals surface area (Å²) >= 11 is 0. The normalized spacial score (nSPS) is 10.5. The van der Waals surface area contributed by atoms with Gasteiger partial charge >= 0.3 is 0 Å². The molecule has 0 heterocycles. The van der Waals surface area contributed by atoms with E-state index in [4.69, 9.17) is 5.26 Å². The van der Waals surface area contributed by atoms with Gasteiger partial charge in [-0.3, -0.25) is 9.59 Å². The molecule has 6 heteroatoms. The summed E-state index contributed by atoms with van der Waals surface area (Å²) in [5, 5.41) is 17.2. The topological polar surface area (TPSA) is 94.0 Å². The first-order valence-electron chi connectivity index (χ1n) is 6.97. The van der Waals surface area contributed by atoms with Gasteiger partial charge in [0.05, 0.1) is 0 Å². The molecule has 6 nitrogen and oxygen atoms in total. The summed E-state index contributed by atoms with van der Waals surface area (Å²) in [6.07, 6.45) is 2.72. The smallest absolute Gasteiger partial charge is 0.267 e. The number of amides is 2. The average molecular weight is 300 g/mol. The molecule has 0 aliphatic rings. The molecular weight excluding hydrogens is 280 g/mol. The van der Waals surface area contributed by atoms with Gasteiger partial charge in [-0.05, 0) is 31.9 Å². The number of benzene rings is 1. The van der Waals surface area contributed by atoms with Crippen molar-refractivity contribution in [3.63, 3.8) is 0 Å². The maximum Gasteiger partial charge on any atom is 0.267 e. The summed E-state index contributed by atoms with van der Waals surface area (Å²) in [6.45, 7) is 4.98. The van der Waals surface area contributed by atoms with Crippen molar-refractivity contribution in [2.24, 2.45) is 0 Å². The Kier molecular flexibility index (Phi) is 7.20. The van der Waals surface area contributed by atoms with Gasteiger partial charge < -0.3 is 16.0 Å². The van der Waals surface area contributed by atoms with Crippen LogP contribution in [-0.2, 0) is 9.59 Å². The highest BCUT2D eigenvalue weighted by Crippen LogP contribution is 2.16. The molecule has 0 spiro atoms. The first-order chi connectivity index (χ1) is 10.6. The zero-order valence-corrected chi connectivity index (χ0v) is 12.8. The molecule has 0 saturated heterocycles. The molecule has 116 valence electrons. The maximum atomic E-state index is 12.0. The number of hydrogen-bond donors (Lipinski definition) is 3. The number of carbonyl (C=O) groups is 2. The molecule has 2 amide bonds. The van der Waals surface area contributed by atoms with Crippen molar-refractivity contribution in [2.75, 3.05) is 18.4 Å². The van der Waals surface area contributed by atoms with Crippen LogP contribution >= 0.6 is 0 Å². The third-order valence-corrected chi connectivity index (χ3v) is 2.97. The van der Waals surface area contributed by atoms with Gasteiger partial charge in [-0.25, -0.2) is 0 Å². The highest BCUT2D eigenvalue weighted by molar-refractivity contribution is 6.06. The van der Waals surface area contributed by atoms with Gasteiger partial charge in [0, 0.05) is 25.0 Å². The van der Waals surface area contributed by atoms with Gasteiger partial charge in [-0.15, -0.1) is 0 Å². The van der Waals surface area contributed by atoms with E-state index < -0.39 is 5.91 Å². The second kappa shape index (κ2) is 9.19. The van der Waals surface area contributed by atoms with Crippen LogP contribution in [-0.4, -0.2) is 25.4 Å². The Hall–Kier alpha value is -2.81. The van der Waals surface area contributed by atoms with Gasteiger partial charge in [-0.2, -0.15) is 5.26 Å². The van der Waals surface area contributed by atoms with Crippen LogP contribution in [0.15, 0.2) is 30.0 Å². The molecule has 1 aromatic rings. The third-order valence-electron chi connectivity index (χ3n) is 2.97. The van der Waals surface area contributed by atoms with Crippen LogP contribution in [0.4, 0.5) is 5.69 Å². The van der Waals surface area contributed by atoms with Crippen LogP contribution in [0.2, 0.25) is 0 Å². The van der Waals surface area contributed by atoms with E-state index in [0.29, 0.717) is 31.6 Å². The highest BCUT2D eigenvalue weighted by atomic mass is 16.1. The molecule has 0 saturated carbocycles. The SMILES string of the molecule is Cc1ccc(NC(=O)/C(C#N)=C\NCCCNC=O)c(C)c1. The Morgan fingerprint density at radius 2 is 2.00 bits per heavy atom. The summed E-state index contributed by atoms with van der Waals surface area (Å²) in [5.41, 5.74) is 2.74. The van der Waals surface area contributed by atoms with Gasteiger partial charge in [0.2, 0.25) is 6.41 Å². The number of nitriles is 1. The fraction of sp³-hybridized carbons (Fsp3) is 0.312. The zero-order chi connectivity index (χ0) is 16.4. The number of nitrogens with one attached hydrogen (secondary N) is 3. The number of carbonyl (C=O) groups excluding carboxylic acids is 2. The molecule has 0 aromatic heterocycles. The van der Waals surface area contributed by atoms with Gasteiger partial charge in [0.25, 0.3) is 5.91 Å². The van der Waals surface area contributed by atoms with E-state index >= 15 is 0 Å². The molecule has 3 N–H and O–H groups in total. The number of hydrogen-bond acceptors (Lipinski definition) is 4. The molecule has 0 radical (unpaired) electrons. The van der Waals surface area contributed by atoms with Crippen LogP contribution in [0, 0.1) is 25.2 Å². The van der Waals surface area contributed by atoms with Crippen LogP contribution in [0.1, 0.15) is 17.5 Å². The van der Waals surface area contributed by atoms with Gasteiger partial charge in [0.15, 0.2) is 0 Å². The van der Waals surface area contributed by atoms with Crippen molar-refractivity contribution in [3.8, 4) is 6.07 Å². The molecule has 0 unspecified atom stereocenters. The van der Waals surface area contributed by atoms with Crippen molar-refractivity contribution in [3.05, 3.63) is 41.1 Å². The maximum absolute atomic E-state index is 12.0. The van der Waals surface area contributed by atoms with Gasteiger partial charge in [0.1, 0.15) is 11.6 Å². The Bertz CT molecular complexity index is 603. The van der Waals surface area contributed by atoms with Crippen molar-refractivity contribution in [2.45, 2.75) is 20.3 Å². The van der Waals surface area contributed by atoms with Crippen LogP contribution < -0.4 is 16.0 Å². The number of rotatable bonds is 8. The fourth-order valence-electron chi connectivity index (χ4n) is 1.82. The van der Waals surface area contributed by atoms with E-state index in [-0.39, 0.29) is 5.57 Å². The number of nitrogens with zero attached hydrogens (tertiary/aromatic N) is 1. The quantitative estimate of drug-likeness (QED) is 0.292. The summed E-state index contributed by atoms with van der Waals surface area (Å²) in [4.78, 5) is 22.1. The minimum atomic E-state index is -0.451. The van der Waals surface area contributed by atoms with Crippen molar-refractivity contribution < 1.29 is 9.59 Å². The average Bonchev–Trinajstić information content (AvgIpc) is 2.49. The Labute approximate surface area is 130 Å². The Morgan fingerprint density at radius 1 is 1.27 bits per heavy atom. The predicted molar refractivity (Wildman–Crippen MR) is 84.9 cm³/mol. The second-order valence-electron chi connectivity index (χ2n) is 4.82. The van der Waals surface area contributed by atoms with Crippen molar-refractivity contribution >= 4 is 18.0 Å². The minimum Gasteiger partial charge on any atom is -0.390 e.